The molecular formula is C8H12N4OS. The molecule has 1 aromatic rings. The van der Waals surface area contributed by atoms with E-state index >= 15 is 0 Å². The molecule has 6 heteroatoms. The van der Waals surface area contributed by atoms with Gasteiger partial charge in [0.25, 0.3) is 0 Å². The van der Waals surface area contributed by atoms with E-state index in [4.69, 9.17) is 22.7 Å². The van der Waals surface area contributed by atoms with Gasteiger partial charge in [0, 0.05) is 5.92 Å². The quantitative estimate of drug-likeness (QED) is 0.679. The van der Waals surface area contributed by atoms with Gasteiger partial charge in [-0.05, 0) is 25.6 Å². The molecule has 0 aromatic carbocycles. The molecule has 1 aliphatic heterocycles. The predicted molar refractivity (Wildman–Crippen MR) is 54.4 cm³/mol. The van der Waals surface area contributed by atoms with Crippen LogP contribution in [0.2, 0.25) is 0 Å². The van der Waals surface area contributed by atoms with E-state index in [0.717, 1.165) is 12.2 Å². The molecule has 2 heterocycles. The van der Waals surface area contributed by atoms with E-state index in [0.29, 0.717) is 12.6 Å². The fraction of sp³-hybridized carbons (Fsp3) is 0.625. The first-order valence-electron chi connectivity index (χ1n) is 4.50. The van der Waals surface area contributed by atoms with Crippen molar-refractivity contribution in [3.05, 3.63) is 10.6 Å². The lowest BCUT2D eigenvalue weighted by Crippen LogP contribution is -2.08. The number of hydrogen-bond donors (Lipinski definition) is 2. The zero-order valence-corrected chi connectivity index (χ0v) is 8.67. The molecule has 0 aliphatic carbocycles. The lowest BCUT2D eigenvalue weighted by atomic mass is 10.1. The van der Waals surface area contributed by atoms with Crippen molar-refractivity contribution in [2.75, 3.05) is 12.3 Å². The van der Waals surface area contributed by atoms with E-state index in [1.54, 1.807) is 0 Å². The highest BCUT2D eigenvalue weighted by Crippen LogP contribution is 2.26. The van der Waals surface area contributed by atoms with Crippen LogP contribution in [0.3, 0.4) is 0 Å². The number of H-pyrrole nitrogens is 1. The lowest BCUT2D eigenvalue weighted by Gasteiger charge is -2.06. The van der Waals surface area contributed by atoms with Crippen LogP contribution in [0.5, 0.6) is 0 Å². The maximum Gasteiger partial charge on any atom is 0.224 e. The van der Waals surface area contributed by atoms with Crippen LogP contribution in [0, 0.1) is 4.77 Å². The Balaban J connectivity index is 2.28. The Hall–Kier alpha value is -1.01. The zero-order valence-electron chi connectivity index (χ0n) is 7.86. The Morgan fingerprint density at radius 2 is 2.36 bits per heavy atom. The molecule has 2 rings (SSSR count). The predicted octanol–water partition coefficient (Wildman–Crippen LogP) is 1.01. The third-order valence-electron chi connectivity index (χ3n) is 2.27. The van der Waals surface area contributed by atoms with Gasteiger partial charge >= 0.3 is 0 Å². The SMILES string of the molecule is CC1CC(c2nc(=S)nc(N)[nH]2)CO1. The van der Waals surface area contributed by atoms with E-state index in [1.807, 2.05) is 6.92 Å². The van der Waals surface area contributed by atoms with Crippen LogP contribution < -0.4 is 5.73 Å². The molecule has 0 saturated carbocycles. The summed E-state index contributed by atoms with van der Waals surface area (Å²) in [5, 5.41) is 0. The number of hydrogen-bond acceptors (Lipinski definition) is 5. The van der Waals surface area contributed by atoms with Crippen LogP contribution in [-0.4, -0.2) is 27.7 Å². The second kappa shape index (κ2) is 3.62. The van der Waals surface area contributed by atoms with Crippen molar-refractivity contribution in [1.29, 1.82) is 0 Å². The molecule has 0 radical (unpaired) electrons. The monoisotopic (exact) mass is 212 g/mol. The Kier molecular flexibility index (Phi) is 2.47. The Morgan fingerprint density at radius 3 is 2.93 bits per heavy atom. The topological polar surface area (TPSA) is 76.8 Å². The maximum absolute atomic E-state index is 5.55. The standard InChI is InChI=1S/C8H12N4OS/c1-4-2-5(3-13-4)6-10-7(9)12-8(14)11-6/h4-5H,2-3H2,1H3,(H3,9,10,11,12,14). The van der Waals surface area contributed by atoms with Crippen molar-refractivity contribution >= 4 is 18.2 Å². The second-order valence-corrected chi connectivity index (χ2v) is 3.84. The van der Waals surface area contributed by atoms with Crippen molar-refractivity contribution < 1.29 is 4.74 Å². The summed E-state index contributed by atoms with van der Waals surface area (Å²) in [5.41, 5.74) is 5.55. The molecule has 5 nitrogen and oxygen atoms in total. The molecular weight excluding hydrogens is 200 g/mol. The van der Waals surface area contributed by atoms with Gasteiger partial charge in [-0.2, -0.15) is 4.98 Å². The number of nitrogens with zero attached hydrogens (tertiary/aromatic N) is 2. The lowest BCUT2D eigenvalue weighted by molar-refractivity contribution is 0.123. The minimum atomic E-state index is 0.261. The molecule has 0 spiro atoms. The molecule has 14 heavy (non-hydrogen) atoms. The number of nitrogens with two attached hydrogens (primary N) is 1. The Bertz CT molecular complexity index is 391. The maximum atomic E-state index is 5.55. The van der Waals surface area contributed by atoms with Crippen molar-refractivity contribution in [3.63, 3.8) is 0 Å². The van der Waals surface area contributed by atoms with Gasteiger partial charge in [-0.25, -0.2) is 4.98 Å². The largest absolute Gasteiger partial charge is 0.378 e. The van der Waals surface area contributed by atoms with Crippen molar-refractivity contribution in [2.24, 2.45) is 0 Å². The molecule has 0 amide bonds. The van der Waals surface area contributed by atoms with Crippen LogP contribution in [-0.2, 0) is 4.74 Å². The van der Waals surface area contributed by atoms with E-state index in [1.165, 1.54) is 0 Å². The molecule has 2 unspecified atom stereocenters. The van der Waals surface area contributed by atoms with Gasteiger partial charge in [-0.15, -0.1) is 0 Å². The first kappa shape index (κ1) is 9.54. The Morgan fingerprint density at radius 1 is 1.57 bits per heavy atom. The van der Waals surface area contributed by atoms with Crippen LogP contribution in [0.4, 0.5) is 5.95 Å². The molecule has 0 bridgehead atoms. The summed E-state index contributed by atoms with van der Waals surface area (Å²) < 4.78 is 5.73. The molecule has 1 aromatic heterocycles. The van der Waals surface area contributed by atoms with Gasteiger partial charge in [0.1, 0.15) is 5.82 Å². The van der Waals surface area contributed by atoms with Gasteiger partial charge in [-0.3, -0.25) is 0 Å². The number of aromatic amines is 1. The average Bonchev–Trinajstić information content (AvgIpc) is 2.50. The summed E-state index contributed by atoms with van der Waals surface area (Å²) in [6.07, 6.45) is 1.22. The van der Waals surface area contributed by atoms with Crippen molar-refractivity contribution in [3.8, 4) is 0 Å². The molecule has 76 valence electrons. The molecule has 2 atom stereocenters. The smallest absolute Gasteiger partial charge is 0.224 e. The van der Waals surface area contributed by atoms with E-state index in [-0.39, 0.29) is 16.8 Å². The highest BCUT2D eigenvalue weighted by molar-refractivity contribution is 7.71. The second-order valence-electron chi connectivity index (χ2n) is 3.48. The van der Waals surface area contributed by atoms with E-state index in [9.17, 15) is 0 Å². The van der Waals surface area contributed by atoms with Crippen LogP contribution in [0.15, 0.2) is 0 Å². The Labute approximate surface area is 86.7 Å². The molecule has 1 fully saturated rings. The summed E-state index contributed by atoms with van der Waals surface area (Å²) in [5.74, 6) is 1.36. The van der Waals surface area contributed by atoms with Crippen LogP contribution >= 0.6 is 12.2 Å². The van der Waals surface area contributed by atoms with Gasteiger partial charge in [0.15, 0.2) is 0 Å². The number of aromatic nitrogens is 3. The summed E-state index contributed by atoms with van der Waals surface area (Å²) in [6.45, 7) is 2.71. The minimum Gasteiger partial charge on any atom is -0.378 e. The fourth-order valence-corrected chi connectivity index (χ4v) is 1.82. The normalized spacial score (nSPS) is 26.6. The van der Waals surface area contributed by atoms with Crippen LogP contribution in [0.25, 0.3) is 0 Å². The first-order valence-corrected chi connectivity index (χ1v) is 4.91. The fourth-order valence-electron chi connectivity index (χ4n) is 1.62. The molecule has 1 saturated heterocycles. The number of nitrogens with one attached hydrogen (secondary N) is 1. The molecule has 1 aliphatic rings. The van der Waals surface area contributed by atoms with E-state index in [2.05, 4.69) is 15.0 Å². The third-order valence-corrected chi connectivity index (χ3v) is 2.46. The van der Waals surface area contributed by atoms with Gasteiger partial charge < -0.3 is 15.5 Å². The number of nitrogen functional groups attached to an aromatic ring is 1. The summed E-state index contributed by atoms with van der Waals surface area (Å²) >= 11 is 4.89. The average molecular weight is 212 g/mol. The van der Waals surface area contributed by atoms with Gasteiger partial charge in [0.05, 0.1) is 12.7 Å². The summed E-state index contributed by atoms with van der Waals surface area (Å²) in [4.78, 5) is 10.9. The number of ether oxygens (including phenoxy) is 1. The highest BCUT2D eigenvalue weighted by Gasteiger charge is 2.25. The van der Waals surface area contributed by atoms with Crippen LogP contribution in [0.1, 0.15) is 25.1 Å². The highest BCUT2D eigenvalue weighted by atomic mass is 32.1. The number of rotatable bonds is 1. The zero-order chi connectivity index (χ0) is 10.1. The molecule has 3 N–H and O–H groups in total. The van der Waals surface area contributed by atoms with Gasteiger partial charge in [0.2, 0.25) is 10.7 Å². The van der Waals surface area contributed by atoms with E-state index < -0.39 is 0 Å². The third kappa shape index (κ3) is 1.91. The first-order chi connectivity index (χ1) is 6.65. The van der Waals surface area contributed by atoms with Crippen molar-refractivity contribution in [1.82, 2.24) is 15.0 Å². The summed E-state index contributed by atoms with van der Waals surface area (Å²) in [7, 11) is 0. The van der Waals surface area contributed by atoms with Gasteiger partial charge in [-0.1, -0.05) is 0 Å². The number of anilines is 1. The minimum absolute atomic E-state index is 0.261. The van der Waals surface area contributed by atoms with Crippen molar-refractivity contribution in [2.45, 2.75) is 25.4 Å². The summed E-state index contributed by atoms with van der Waals surface area (Å²) in [6, 6.07) is 0.